The third-order valence-corrected chi connectivity index (χ3v) is 4.12. The normalized spacial score (nSPS) is 11.8. The van der Waals surface area contributed by atoms with E-state index in [4.69, 9.17) is 14.6 Å². The third-order valence-electron chi connectivity index (χ3n) is 4.12. The summed E-state index contributed by atoms with van der Waals surface area (Å²) in [5.74, 6) is -0.293. The predicted molar refractivity (Wildman–Crippen MR) is 115 cm³/mol. The van der Waals surface area contributed by atoms with E-state index in [0.29, 0.717) is 34.6 Å². The standard InChI is InChI=1S/C18H13N2O5.C5H12O2.Ir/c1-23-17(21)13-7-3-11(4-8-13)15-19-20-16(25-15)12-5-9-14(10-6-12)18(22)24-2;1-4(6)3-5(2)7;/h3-5,7-10H,1-2H3;4-7H,3H2,1-2H3;/q-1;;. The first kappa shape index (κ1) is 28.1. The second-order valence-electron chi connectivity index (χ2n) is 6.90. The van der Waals surface area contributed by atoms with Crippen molar-refractivity contribution in [2.45, 2.75) is 32.5 Å². The van der Waals surface area contributed by atoms with Crippen LogP contribution in [0.4, 0.5) is 0 Å². The van der Waals surface area contributed by atoms with Crippen molar-refractivity contribution in [1.82, 2.24) is 10.2 Å². The van der Waals surface area contributed by atoms with E-state index in [-0.39, 0.29) is 38.2 Å². The number of hydrogen-bond donors (Lipinski definition) is 2. The summed E-state index contributed by atoms with van der Waals surface area (Å²) >= 11 is 0. The molecule has 9 nitrogen and oxygen atoms in total. The molecular weight excluding hydrogens is 608 g/mol. The van der Waals surface area contributed by atoms with Gasteiger partial charge in [0.15, 0.2) is 5.89 Å². The van der Waals surface area contributed by atoms with Crippen molar-refractivity contribution < 1.29 is 53.8 Å². The van der Waals surface area contributed by atoms with Crippen LogP contribution in [-0.2, 0) is 29.6 Å². The molecule has 1 aromatic heterocycles. The Balaban J connectivity index is 0.000000595. The average molecular weight is 634 g/mol. The summed E-state index contributed by atoms with van der Waals surface area (Å²) in [6, 6.07) is 14.2. The van der Waals surface area contributed by atoms with E-state index in [0.717, 1.165) is 0 Å². The Kier molecular flexibility index (Phi) is 11.6. The minimum absolute atomic E-state index is 0. The number of aromatic nitrogens is 2. The predicted octanol–water partition coefficient (Wildman–Crippen LogP) is 2.91. The molecule has 0 spiro atoms. The van der Waals surface area contributed by atoms with E-state index in [2.05, 4.69) is 25.7 Å². The zero-order valence-electron chi connectivity index (χ0n) is 18.6. The molecule has 3 aromatic rings. The number of nitrogens with zero attached hydrogens (tertiary/aromatic N) is 2. The van der Waals surface area contributed by atoms with Crippen molar-refractivity contribution in [3.63, 3.8) is 0 Å². The van der Waals surface area contributed by atoms with Gasteiger partial charge in [-0.05, 0) is 50.1 Å². The third kappa shape index (κ3) is 8.51. The number of hydrogen-bond acceptors (Lipinski definition) is 9. The molecule has 0 aliphatic heterocycles. The van der Waals surface area contributed by atoms with Crippen LogP contribution in [0.15, 0.2) is 46.9 Å². The molecule has 33 heavy (non-hydrogen) atoms. The number of methoxy groups -OCH3 is 2. The van der Waals surface area contributed by atoms with E-state index in [1.807, 2.05) is 0 Å². The fourth-order valence-electron chi connectivity index (χ4n) is 2.61. The van der Waals surface area contributed by atoms with Crippen molar-refractivity contribution in [3.05, 3.63) is 59.7 Å². The van der Waals surface area contributed by atoms with Crippen molar-refractivity contribution in [3.8, 4) is 22.9 Å². The van der Waals surface area contributed by atoms with Crippen molar-refractivity contribution >= 4 is 11.9 Å². The van der Waals surface area contributed by atoms with Gasteiger partial charge < -0.3 is 24.1 Å². The second-order valence-corrected chi connectivity index (χ2v) is 6.90. The molecule has 10 heteroatoms. The maximum Gasteiger partial charge on any atom is 0.337 e. The van der Waals surface area contributed by atoms with Gasteiger partial charge in [-0.1, -0.05) is 5.56 Å². The number of carbonyl (C=O) groups excluding carboxylic acids is 2. The number of esters is 2. The van der Waals surface area contributed by atoms with Gasteiger partial charge in [0.2, 0.25) is 5.89 Å². The van der Waals surface area contributed by atoms with Crippen LogP contribution in [0.1, 0.15) is 41.0 Å². The topological polar surface area (TPSA) is 132 Å². The summed E-state index contributed by atoms with van der Waals surface area (Å²) < 4.78 is 14.9. The number of ether oxygens (including phenoxy) is 2. The average Bonchev–Trinajstić information content (AvgIpc) is 3.28. The summed E-state index contributed by atoms with van der Waals surface area (Å²) in [4.78, 5) is 22.9. The maximum atomic E-state index is 11.4. The van der Waals surface area contributed by atoms with Crippen molar-refractivity contribution in [2.24, 2.45) is 0 Å². The van der Waals surface area contributed by atoms with Gasteiger partial charge in [-0.15, -0.1) is 29.4 Å². The van der Waals surface area contributed by atoms with Crippen molar-refractivity contribution in [2.75, 3.05) is 14.2 Å². The van der Waals surface area contributed by atoms with Crippen LogP contribution in [0, 0.1) is 6.07 Å². The Morgan fingerprint density at radius 2 is 1.42 bits per heavy atom. The van der Waals surface area contributed by atoms with E-state index in [1.54, 1.807) is 50.2 Å². The summed E-state index contributed by atoms with van der Waals surface area (Å²) in [7, 11) is 2.63. The molecule has 0 bridgehead atoms. The fraction of sp³-hybridized carbons (Fsp3) is 0.304. The smallest absolute Gasteiger partial charge is 0.337 e. The quantitative estimate of drug-likeness (QED) is 0.311. The molecule has 0 amide bonds. The van der Waals surface area contributed by atoms with Crippen LogP contribution in [-0.4, -0.2) is 58.8 Å². The van der Waals surface area contributed by atoms with Gasteiger partial charge in [-0.25, -0.2) is 4.79 Å². The SMILES string of the molecule is CC(O)CC(C)O.COC(=O)c1c[c-]c(-c2nnc(-c3ccc(C(=O)OC)cc3)o2)cc1.[Ir]. The number of benzene rings is 2. The molecule has 0 saturated carbocycles. The van der Waals surface area contributed by atoms with Crippen LogP contribution in [0.25, 0.3) is 22.9 Å². The van der Waals surface area contributed by atoms with Gasteiger partial charge >= 0.3 is 5.97 Å². The number of rotatable bonds is 6. The van der Waals surface area contributed by atoms with Crippen LogP contribution in [0.5, 0.6) is 0 Å². The second kappa shape index (κ2) is 13.6. The van der Waals surface area contributed by atoms with Gasteiger partial charge in [0.25, 0.3) is 5.97 Å². The number of aliphatic hydroxyl groups excluding tert-OH is 2. The summed E-state index contributed by atoms with van der Waals surface area (Å²) in [5, 5.41) is 25.1. The molecular formula is C23H25IrN2O7-. The van der Waals surface area contributed by atoms with Gasteiger partial charge in [-0.2, -0.15) is 5.10 Å². The Morgan fingerprint density at radius 1 is 0.909 bits per heavy atom. The molecule has 0 aliphatic rings. The van der Waals surface area contributed by atoms with Crippen molar-refractivity contribution in [1.29, 1.82) is 0 Å². The van der Waals surface area contributed by atoms with Gasteiger partial charge in [-0.3, -0.25) is 4.79 Å². The summed E-state index contributed by atoms with van der Waals surface area (Å²) in [6.07, 6.45) is -0.278. The molecule has 0 aliphatic carbocycles. The Hall–Kier alpha value is -2.91. The van der Waals surface area contributed by atoms with Crippen LogP contribution >= 0.6 is 0 Å². The first-order valence-corrected chi connectivity index (χ1v) is 9.74. The molecule has 3 rings (SSSR count). The van der Waals surface area contributed by atoms with Crippen LogP contribution < -0.4 is 0 Å². The first-order valence-electron chi connectivity index (χ1n) is 9.74. The molecule has 1 heterocycles. The molecule has 1 radical (unpaired) electrons. The van der Waals surface area contributed by atoms with Crippen LogP contribution in [0.2, 0.25) is 0 Å². The van der Waals surface area contributed by atoms with Gasteiger partial charge in [0.1, 0.15) is 0 Å². The molecule has 179 valence electrons. The molecule has 0 saturated heterocycles. The molecule has 2 atom stereocenters. The minimum Gasteiger partial charge on any atom is -0.472 e. The Labute approximate surface area is 205 Å². The van der Waals surface area contributed by atoms with E-state index < -0.39 is 11.9 Å². The monoisotopic (exact) mass is 634 g/mol. The Bertz CT molecular complexity index is 936. The fourth-order valence-corrected chi connectivity index (χ4v) is 2.61. The van der Waals surface area contributed by atoms with Gasteiger partial charge in [0.05, 0.1) is 32.0 Å². The van der Waals surface area contributed by atoms with Crippen LogP contribution in [0.3, 0.4) is 0 Å². The Morgan fingerprint density at radius 3 is 1.88 bits per heavy atom. The van der Waals surface area contributed by atoms with E-state index >= 15 is 0 Å². The zero-order valence-corrected chi connectivity index (χ0v) is 21.0. The molecule has 2 N–H and O–H groups in total. The number of carbonyl (C=O) groups is 2. The van der Waals surface area contributed by atoms with Gasteiger partial charge in [0, 0.05) is 25.7 Å². The molecule has 2 unspecified atom stereocenters. The summed E-state index contributed by atoms with van der Waals surface area (Å²) in [6.45, 7) is 3.32. The van der Waals surface area contributed by atoms with E-state index in [9.17, 15) is 9.59 Å². The largest absolute Gasteiger partial charge is 0.472 e. The number of aliphatic hydroxyl groups is 2. The minimum atomic E-state index is -0.445. The van der Waals surface area contributed by atoms with E-state index in [1.165, 1.54) is 20.3 Å². The zero-order chi connectivity index (χ0) is 23.7. The summed E-state index contributed by atoms with van der Waals surface area (Å²) in [5.41, 5.74) is 2.03. The molecule has 0 fully saturated rings. The molecule has 2 aromatic carbocycles. The maximum absolute atomic E-state index is 11.4. The first-order chi connectivity index (χ1) is 15.2.